The van der Waals surface area contributed by atoms with E-state index in [1.807, 2.05) is 13.0 Å². The van der Waals surface area contributed by atoms with Crippen LogP contribution in [-0.4, -0.2) is 11.1 Å². The predicted octanol–water partition coefficient (Wildman–Crippen LogP) is 4.37. The molecule has 0 aromatic heterocycles. The molecule has 0 atom stereocenters. The Morgan fingerprint density at radius 1 is 1.10 bits per heavy atom. The minimum absolute atomic E-state index is 0.247. The monoisotopic (exact) mass is 270 g/mol. The molecule has 0 aliphatic heterocycles. The maximum absolute atomic E-state index is 13.0. The number of benzene rings is 2. The van der Waals surface area contributed by atoms with Crippen molar-refractivity contribution in [3.8, 4) is 0 Å². The van der Waals surface area contributed by atoms with Gasteiger partial charge in [-0.1, -0.05) is 43.3 Å². The molecule has 0 unspecified atom stereocenters. The predicted molar refractivity (Wildman–Crippen MR) is 77.2 cm³/mol. The van der Waals surface area contributed by atoms with Gasteiger partial charge in [-0.05, 0) is 41.3 Å². The van der Waals surface area contributed by atoms with E-state index in [0.29, 0.717) is 5.56 Å². The van der Waals surface area contributed by atoms with Gasteiger partial charge in [0.15, 0.2) is 0 Å². The first-order chi connectivity index (χ1) is 9.63. The number of allylic oxidation sites excluding steroid dienone is 1. The summed E-state index contributed by atoms with van der Waals surface area (Å²) in [7, 11) is 0. The summed E-state index contributed by atoms with van der Waals surface area (Å²) >= 11 is 0. The van der Waals surface area contributed by atoms with Crippen LogP contribution in [0.5, 0.6) is 0 Å². The summed E-state index contributed by atoms with van der Waals surface area (Å²) in [4.78, 5) is 11.3. The van der Waals surface area contributed by atoms with Gasteiger partial charge in [-0.3, -0.25) is 0 Å². The quantitative estimate of drug-likeness (QED) is 0.896. The Morgan fingerprint density at radius 2 is 1.70 bits per heavy atom. The number of carboxylic acids is 1. The van der Waals surface area contributed by atoms with Gasteiger partial charge in [0.05, 0.1) is 5.56 Å². The van der Waals surface area contributed by atoms with Gasteiger partial charge in [0, 0.05) is 0 Å². The van der Waals surface area contributed by atoms with Gasteiger partial charge < -0.3 is 5.11 Å². The number of rotatable bonds is 4. The van der Waals surface area contributed by atoms with E-state index < -0.39 is 5.97 Å². The molecule has 0 aliphatic rings. The van der Waals surface area contributed by atoms with Crippen molar-refractivity contribution in [3.63, 3.8) is 0 Å². The molecule has 2 aromatic carbocycles. The third kappa shape index (κ3) is 2.94. The van der Waals surface area contributed by atoms with Gasteiger partial charge in [-0.2, -0.15) is 0 Å². The average Bonchev–Trinajstić information content (AvgIpc) is 2.46. The van der Waals surface area contributed by atoms with Crippen molar-refractivity contribution < 1.29 is 14.3 Å². The van der Waals surface area contributed by atoms with Crippen LogP contribution >= 0.6 is 0 Å². The summed E-state index contributed by atoms with van der Waals surface area (Å²) in [6, 6.07) is 12.9. The molecular weight excluding hydrogens is 255 g/mol. The second-order valence-electron chi connectivity index (χ2n) is 4.38. The second kappa shape index (κ2) is 6.15. The normalized spacial score (nSPS) is 11.4. The molecule has 0 fully saturated rings. The fourth-order valence-corrected chi connectivity index (χ4v) is 2.12. The van der Waals surface area contributed by atoms with E-state index in [1.54, 1.807) is 36.4 Å². The maximum Gasteiger partial charge on any atom is 0.336 e. The van der Waals surface area contributed by atoms with Crippen LogP contribution in [0.3, 0.4) is 0 Å². The van der Waals surface area contributed by atoms with Gasteiger partial charge in [0.2, 0.25) is 0 Å². The van der Waals surface area contributed by atoms with Crippen molar-refractivity contribution >= 4 is 11.5 Å². The molecule has 2 nitrogen and oxygen atoms in total. The van der Waals surface area contributed by atoms with Crippen molar-refractivity contribution in [3.05, 3.63) is 77.1 Å². The van der Waals surface area contributed by atoms with E-state index in [4.69, 9.17) is 0 Å². The van der Waals surface area contributed by atoms with Crippen molar-refractivity contribution in [2.24, 2.45) is 0 Å². The van der Waals surface area contributed by atoms with Crippen molar-refractivity contribution in [1.29, 1.82) is 0 Å². The van der Waals surface area contributed by atoms with Gasteiger partial charge >= 0.3 is 5.97 Å². The van der Waals surface area contributed by atoms with Gasteiger partial charge in [-0.15, -0.1) is 0 Å². The lowest BCUT2D eigenvalue weighted by Crippen LogP contribution is -2.02. The lowest BCUT2D eigenvalue weighted by atomic mass is 9.93. The van der Waals surface area contributed by atoms with Crippen LogP contribution in [0.2, 0.25) is 0 Å². The number of hydrogen-bond acceptors (Lipinski definition) is 1. The van der Waals surface area contributed by atoms with E-state index in [0.717, 1.165) is 17.6 Å². The topological polar surface area (TPSA) is 37.3 Å². The Balaban J connectivity index is 2.58. The highest BCUT2D eigenvalue weighted by atomic mass is 19.1. The molecule has 0 aliphatic carbocycles. The molecule has 0 spiro atoms. The minimum Gasteiger partial charge on any atom is -0.478 e. The highest BCUT2D eigenvalue weighted by Crippen LogP contribution is 2.27. The molecule has 102 valence electrons. The summed E-state index contributed by atoms with van der Waals surface area (Å²) in [6.45, 7) is 1.98. The van der Waals surface area contributed by atoms with Crippen LogP contribution < -0.4 is 0 Å². The van der Waals surface area contributed by atoms with Crippen molar-refractivity contribution in [2.45, 2.75) is 13.3 Å². The third-order valence-corrected chi connectivity index (χ3v) is 3.01. The van der Waals surface area contributed by atoms with Crippen molar-refractivity contribution in [2.75, 3.05) is 0 Å². The molecule has 0 bridgehead atoms. The smallest absolute Gasteiger partial charge is 0.336 e. The molecule has 3 heteroatoms. The number of carbonyl (C=O) groups is 1. The van der Waals surface area contributed by atoms with Gasteiger partial charge in [0.25, 0.3) is 0 Å². The fraction of sp³-hybridized carbons (Fsp3) is 0.118. The lowest BCUT2D eigenvalue weighted by molar-refractivity contribution is 0.0696. The third-order valence-electron chi connectivity index (χ3n) is 3.01. The standard InChI is InChI=1S/C17H15FO2/c1-2-5-14(12-8-10-13(18)11-9-12)15-6-3-4-7-16(15)17(19)20/h3-11H,2H2,1H3,(H,19,20)/b14-5+. The zero-order chi connectivity index (χ0) is 14.5. The largest absolute Gasteiger partial charge is 0.478 e. The molecule has 0 amide bonds. The lowest BCUT2D eigenvalue weighted by Gasteiger charge is -2.11. The van der Waals surface area contributed by atoms with E-state index in [9.17, 15) is 14.3 Å². The Labute approximate surface area is 117 Å². The number of carboxylic acid groups (broad SMARTS) is 1. The summed E-state index contributed by atoms with van der Waals surface area (Å²) in [5.74, 6) is -1.28. The average molecular weight is 270 g/mol. The van der Waals surface area contributed by atoms with Crippen LogP contribution in [0.15, 0.2) is 54.6 Å². The van der Waals surface area contributed by atoms with Crippen LogP contribution in [-0.2, 0) is 0 Å². The van der Waals surface area contributed by atoms with Crippen LogP contribution in [0.4, 0.5) is 4.39 Å². The summed E-state index contributed by atoms with van der Waals surface area (Å²) < 4.78 is 13.0. The molecule has 0 radical (unpaired) electrons. The van der Waals surface area contributed by atoms with E-state index in [2.05, 4.69) is 0 Å². The number of halogens is 1. The highest BCUT2D eigenvalue weighted by molar-refractivity contribution is 5.96. The minimum atomic E-state index is -0.968. The molecular formula is C17H15FO2. The van der Waals surface area contributed by atoms with Crippen LogP contribution in [0, 0.1) is 5.82 Å². The first-order valence-corrected chi connectivity index (χ1v) is 6.42. The highest BCUT2D eigenvalue weighted by Gasteiger charge is 2.14. The Bertz CT molecular complexity index is 642. The SMILES string of the molecule is CC/C=C(\c1ccc(F)cc1)c1ccccc1C(=O)O. The van der Waals surface area contributed by atoms with E-state index in [-0.39, 0.29) is 11.4 Å². The Morgan fingerprint density at radius 3 is 2.25 bits per heavy atom. The molecule has 1 N–H and O–H groups in total. The summed E-state index contributed by atoms with van der Waals surface area (Å²) in [5.41, 5.74) is 2.51. The Hall–Kier alpha value is -2.42. The van der Waals surface area contributed by atoms with Crippen LogP contribution in [0.1, 0.15) is 34.8 Å². The van der Waals surface area contributed by atoms with E-state index >= 15 is 0 Å². The summed E-state index contributed by atoms with van der Waals surface area (Å²) in [5, 5.41) is 9.29. The van der Waals surface area contributed by atoms with Gasteiger partial charge in [0.1, 0.15) is 5.82 Å². The zero-order valence-corrected chi connectivity index (χ0v) is 11.1. The van der Waals surface area contributed by atoms with E-state index in [1.165, 1.54) is 12.1 Å². The number of hydrogen-bond donors (Lipinski definition) is 1. The first-order valence-electron chi connectivity index (χ1n) is 6.42. The fourth-order valence-electron chi connectivity index (χ4n) is 2.12. The van der Waals surface area contributed by atoms with Gasteiger partial charge in [-0.25, -0.2) is 9.18 Å². The molecule has 20 heavy (non-hydrogen) atoms. The van der Waals surface area contributed by atoms with Crippen LogP contribution in [0.25, 0.3) is 5.57 Å². The van der Waals surface area contributed by atoms with Crippen molar-refractivity contribution in [1.82, 2.24) is 0 Å². The maximum atomic E-state index is 13.0. The first kappa shape index (κ1) is 14.0. The number of aromatic carboxylic acids is 1. The second-order valence-corrected chi connectivity index (χ2v) is 4.38. The summed E-state index contributed by atoms with van der Waals surface area (Å²) in [6.07, 6.45) is 2.72. The molecule has 0 heterocycles. The molecule has 0 saturated heterocycles. The Kier molecular flexibility index (Phi) is 4.31. The molecule has 2 rings (SSSR count). The zero-order valence-electron chi connectivity index (χ0n) is 11.1. The molecule has 0 saturated carbocycles. The molecule has 2 aromatic rings.